The van der Waals surface area contributed by atoms with Gasteiger partial charge in [0.2, 0.25) is 0 Å². The first kappa shape index (κ1) is 19.7. The second-order valence-electron chi connectivity index (χ2n) is 4.85. The zero-order valence-electron chi connectivity index (χ0n) is 12.3. The van der Waals surface area contributed by atoms with Gasteiger partial charge < -0.3 is 15.8 Å². The molecule has 0 unspecified atom stereocenters. The van der Waals surface area contributed by atoms with E-state index < -0.39 is 0 Å². The number of nitrogens with zero attached hydrogens (tertiary/aromatic N) is 1. The van der Waals surface area contributed by atoms with Crippen LogP contribution in [0.3, 0.4) is 0 Å². The lowest BCUT2D eigenvalue weighted by Crippen LogP contribution is -2.33. The molecule has 0 aliphatic heterocycles. The molecule has 0 fully saturated rings. The SMILES string of the molecule is CC(C)COCCCN=C(N)NCCc1cccs1.I. The van der Waals surface area contributed by atoms with Crippen molar-refractivity contribution in [3.8, 4) is 0 Å². The highest BCUT2D eigenvalue weighted by Gasteiger charge is 1.96. The monoisotopic (exact) mass is 411 g/mol. The highest BCUT2D eigenvalue weighted by atomic mass is 127. The van der Waals surface area contributed by atoms with Gasteiger partial charge in [-0.15, -0.1) is 35.3 Å². The van der Waals surface area contributed by atoms with E-state index in [1.165, 1.54) is 4.88 Å². The van der Waals surface area contributed by atoms with E-state index in [-0.39, 0.29) is 24.0 Å². The molecule has 0 spiro atoms. The third kappa shape index (κ3) is 10.4. The summed E-state index contributed by atoms with van der Waals surface area (Å²) in [5.74, 6) is 1.12. The van der Waals surface area contributed by atoms with E-state index in [9.17, 15) is 0 Å². The van der Waals surface area contributed by atoms with Gasteiger partial charge in [-0.1, -0.05) is 19.9 Å². The fourth-order valence-corrected chi connectivity index (χ4v) is 2.22. The number of nitrogens with one attached hydrogen (secondary N) is 1. The molecule has 0 saturated carbocycles. The lowest BCUT2D eigenvalue weighted by molar-refractivity contribution is 0.109. The normalized spacial score (nSPS) is 11.4. The molecule has 1 heterocycles. The molecule has 0 saturated heterocycles. The number of nitrogens with two attached hydrogens (primary N) is 1. The molecule has 3 N–H and O–H groups in total. The average Bonchev–Trinajstić information content (AvgIpc) is 2.86. The summed E-state index contributed by atoms with van der Waals surface area (Å²) in [5, 5.41) is 5.21. The van der Waals surface area contributed by atoms with Gasteiger partial charge in [-0.3, -0.25) is 4.99 Å². The maximum atomic E-state index is 5.78. The van der Waals surface area contributed by atoms with E-state index in [1.807, 2.05) is 0 Å². The minimum Gasteiger partial charge on any atom is -0.381 e. The summed E-state index contributed by atoms with van der Waals surface area (Å²) in [5.41, 5.74) is 5.78. The van der Waals surface area contributed by atoms with Crippen LogP contribution in [-0.2, 0) is 11.2 Å². The Balaban J connectivity index is 0.00000361. The molecule has 6 heteroatoms. The Kier molecular flexibility index (Phi) is 12.2. The lowest BCUT2D eigenvalue weighted by Gasteiger charge is -2.06. The summed E-state index contributed by atoms with van der Waals surface area (Å²) in [6.07, 6.45) is 1.91. The van der Waals surface area contributed by atoms with Crippen LogP contribution in [0.2, 0.25) is 0 Å². The number of hydrogen-bond acceptors (Lipinski definition) is 3. The van der Waals surface area contributed by atoms with Gasteiger partial charge in [0.25, 0.3) is 0 Å². The summed E-state index contributed by atoms with van der Waals surface area (Å²) < 4.78 is 5.48. The van der Waals surface area contributed by atoms with Crippen molar-refractivity contribution in [2.75, 3.05) is 26.3 Å². The summed E-state index contributed by atoms with van der Waals surface area (Å²) in [4.78, 5) is 5.63. The number of halogens is 1. The van der Waals surface area contributed by atoms with Gasteiger partial charge in [0.05, 0.1) is 0 Å². The van der Waals surface area contributed by atoms with Gasteiger partial charge in [-0.2, -0.15) is 0 Å². The molecule has 1 aromatic heterocycles. The second-order valence-corrected chi connectivity index (χ2v) is 5.88. The molecule has 0 aliphatic carbocycles. The standard InChI is InChI=1S/C14H25N3OS.HI/c1-12(2)11-18-9-4-7-16-14(15)17-8-6-13-5-3-10-19-13;/h3,5,10,12H,4,6-9,11H2,1-2H3,(H3,15,16,17);1H. The van der Waals surface area contributed by atoms with Crippen molar-refractivity contribution < 1.29 is 4.74 Å². The molecule has 1 aromatic rings. The van der Waals surface area contributed by atoms with Crippen molar-refractivity contribution >= 4 is 41.3 Å². The van der Waals surface area contributed by atoms with Crippen LogP contribution in [0.1, 0.15) is 25.1 Å². The molecule has 0 aromatic carbocycles. The van der Waals surface area contributed by atoms with Gasteiger partial charge >= 0.3 is 0 Å². The number of aliphatic imine (C=N–C) groups is 1. The summed E-state index contributed by atoms with van der Waals surface area (Å²) >= 11 is 1.77. The van der Waals surface area contributed by atoms with E-state index in [1.54, 1.807) is 11.3 Å². The van der Waals surface area contributed by atoms with Crippen molar-refractivity contribution in [1.29, 1.82) is 0 Å². The minimum atomic E-state index is 0. The molecule has 0 amide bonds. The quantitative estimate of drug-likeness (QED) is 0.284. The Labute approximate surface area is 143 Å². The minimum absolute atomic E-state index is 0. The van der Waals surface area contributed by atoms with Gasteiger partial charge in [0.15, 0.2) is 5.96 Å². The molecule has 116 valence electrons. The zero-order valence-corrected chi connectivity index (χ0v) is 15.4. The Morgan fingerprint density at radius 2 is 2.30 bits per heavy atom. The summed E-state index contributed by atoms with van der Waals surface area (Å²) in [6.45, 7) is 7.42. The van der Waals surface area contributed by atoms with Gasteiger partial charge in [-0.05, 0) is 30.2 Å². The van der Waals surface area contributed by atoms with E-state index in [0.29, 0.717) is 11.9 Å². The number of ether oxygens (including phenoxy) is 1. The smallest absolute Gasteiger partial charge is 0.188 e. The molecule has 20 heavy (non-hydrogen) atoms. The Morgan fingerprint density at radius 3 is 2.95 bits per heavy atom. The highest BCUT2D eigenvalue weighted by molar-refractivity contribution is 14.0. The van der Waals surface area contributed by atoms with Crippen molar-refractivity contribution in [3.63, 3.8) is 0 Å². The first-order chi connectivity index (χ1) is 9.18. The molecular weight excluding hydrogens is 385 g/mol. The first-order valence-corrected chi connectivity index (χ1v) is 7.70. The molecular formula is C14H26IN3OS. The summed E-state index contributed by atoms with van der Waals surface area (Å²) in [7, 11) is 0. The van der Waals surface area contributed by atoms with Crippen LogP contribution in [-0.4, -0.2) is 32.3 Å². The summed E-state index contributed by atoms with van der Waals surface area (Å²) in [6, 6.07) is 4.19. The van der Waals surface area contributed by atoms with E-state index in [4.69, 9.17) is 10.5 Å². The predicted octanol–water partition coefficient (Wildman–Crippen LogP) is 2.88. The van der Waals surface area contributed by atoms with Crippen LogP contribution in [0, 0.1) is 5.92 Å². The van der Waals surface area contributed by atoms with Gasteiger partial charge in [-0.25, -0.2) is 0 Å². The van der Waals surface area contributed by atoms with E-state index >= 15 is 0 Å². The maximum absolute atomic E-state index is 5.78. The largest absolute Gasteiger partial charge is 0.381 e. The molecule has 0 bridgehead atoms. The number of rotatable bonds is 9. The predicted molar refractivity (Wildman–Crippen MR) is 98.2 cm³/mol. The van der Waals surface area contributed by atoms with Gasteiger partial charge in [0.1, 0.15) is 0 Å². The van der Waals surface area contributed by atoms with Crippen LogP contribution in [0.15, 0.2) is 22.5 Å². The van der Waals surface area contributed by atoms with Crippen LogP contribution in [0.4, 0.5) is 0 Å². The molecule has 1 rings (SSSR count). The van der Waals surface area contributed by atoms with Crippen molar-refractivity contribution in [2.24, 2.45) is 16.6 Å². The van der Waals surface area contributed by atoms with Crippen LogP contribution in [0.5, 0.6) is 0 Å². The Bertz CT molecular complexity index is 355. The number of guanidine groups is 1. The molecule has 0 radical (unpaired) electrons. The first-order valence-electron chi connectivity index (χ1n) is 6.82. The van der Waals surface area contributed by atoms with Crippen LogP contribution < -0.4 is 11.1 Å². The third-order valence-corrected chi connectivity index (χ3v) is 3.37. The number of hydrogen-bond donors (Lipinski definition) is 2. The maximum Gasteiger partial charge on any atom is 0.188 e. The Hall–Kier alpha value is -0.340. The average molecular weight is 411 g/mol. The van der Waals surface area contributed by atoms with Crippen molar-refractivity contribution in [2.45, 2.75) is 26.7 Å². The van der Waals surface area contributed by atoms with Crippen LogP contribution in [0.25, 0.3) is 0 Å². The van der Waals surface area contributed by atoms with Crippen LogP contribution >= 0.6 is 35.3 Å². The fraction of sp³-hybridized carbons (Fsp3) is 0.643. The van der Waals surface area contributed by atoms with E-state index in [0.717, 1.165) is 39.1 Å². The fourth-order valence-electron chi connectivity index (χ4n) is 1.51. The Morgan fingerprint density at radius 1 is 1.50 bits per heavy atom. The lowest BCUT2D eigenvalue weighted by atomic mass is 10.2. The van der Waals surface area contributed by atoms with E-state index in [2.05, 4.69) is 41.7 Å². The topological polar surface area (TPSA) is 59.6 Å². The molecule has 4 nitrogen and oxygen atoms in total. The zero-order chi connectivity index (χ0) is 13.9. The molecule has 0 atom stereocenters. The molecule has 0 aliphatic rings. The van der Waals surface area contributed by atoms with Crippen molar-refractivity contribution in [1.82, 2.24) is 5.32 Å². The second kappa shape index (κ2) is 12.4. The third-order valence-electron chi connectivity index (χ3n) is 2.44. The van der Waals surface area contributed by atoms with Crippen molar-refractivity contribution in [3.05, 3.63) is 22.4 Å². The van der Waals surface area contributed by atoms with Gasteiger partial charge in [0, 0.05) is 31.2 Å². The highest BCUT2D eigenvalue weighted by Crippen LogP contribution is 2.07. The number of thiophene rings is 1.